The number of carbonyl (C=O) groups excluding carboxylic acids is 1. The van der Waals surface area contributed by atoms with Crippen molar-refractivity contribution in [2.24, 2.45) is 11.8 Å². The van der Waals surface area contributed by atoms with Gasteiger partial charge in [-0.25, -0.2) is 15.0 Å². The van der Waals surface area contributed by atoms with E-state index in [9.17, 15) is 4.79 Å². The van der Waals surface area contributed by atoms with Crippen molar-refractivity contribution in [3.05, 3.63) is 29.5 Å². The Balaban J connectivity index is 1.58. The van der Waals surface area contributed by atoms with Crippen molar-refractivity contribution in [3.63, 3.8) is 0 Å². The van der Waals surface area contributed by atoms with Crippen molar-refractivity contribution in [1.82, 2.24) is 20.3 Å². The van der Waals surface area contributed by atoms with Crippen LogP contribution in [0.5, 0.6) is 0 Å². The summed E-state index contributed by atoms with van der Waals surface area (Å²) in [7, 11) is 0. The zero-order valence-corrected chi connectivity index (χ0v) is 13.5. The number of nitrogens with zero attached hydrogens (tertiary/aromatic N) is 3. The summed E-state index contributed by atoms with van der Waals surface area (Å²) in [5.74, 6) is 1.84. The number of carbonyl (C=O) groups is 1. The van der Waals surface area contributed by atoms with Crippen molar-refractivity contribution >= 4 is 17.2 Å². The van der Waals surface area contributed by atoms with Gasteiger partial charge in [0.25, 0.3) is 5.91 Å². The fourth-order valence-electron chi connectivity index (χ4n) is 2.96. The van der Waals surface area contributed by atoms with Gasteiger partial charge in [-0.05, 0) is 30.7 Å². The molecular formula is C16H20N4OS. The summed E-state index contributed by atoms with van der Waals surface area (Å²) in [5, 5.41) is 5.46. The molecule has 116 valence electrons. The Morgan fingerprint density at radius 1 is 1.36 bits per heavy atom. The van der Waals surface area contributed by atoms with Gasteiger partial charge in [0.05, 0.1) is 0 Å². The van der Waals surface area contributed by atoms with E-state index in [1.807, 2.05) is 0 Å². The van der Waals surface area contributed by atoms with Crippen LogP contribution in [0.2, 0.25) is 0 Å². The van der Waals surface area contributed by atoms with Crippen LogP contribution in [0.25, 0.3) is 10.8 Å². The average Bonchev–Trinajstić information content (AvgIpc) is 3.04. The van der Waals surface area contributed by atoms with Crippen LogP contribution in [0.1, 0.15) is 43.1 Å². The lowest BCUT2D eigenvalue weighted by Gasteiger charge is -2.26. The largest absolute Gasteiger partial charge is 0.350 e. The number of thiazole rings is 1. The van der Waals surface area contributed by atoms with Crippen LogP contribution in [0.15, 0.2) is 23.8 Å². The Kier molecular flexibility index (Phi) is 4.77. The normalized spacial score (nSPS) is 21.5. The zero-order valence-electron chi connectivity index (χ0n) is 12.7. The highest BCUT2D eigenvalue weighted by Crippen LogP contribution is 2.28. The molecule has 2 unspecified atom stereocenters. The number of nitrogens with one attached hydrogen (secondary N) is 1. The summed E-state index contributed by atoms with van der Waals surface area (Å²) >= 11 is 1.40. The van der Waals surface area contributed by atoms with Crippen molar-refractivity contribution in [1.29, 1.82) is 0 Å². The molecule has 0 radical (unpaired) electrons. The van der Waals surface area contributed by atoms with Gasteiger partial charge in [-0.3, -0.25) is 4.79 Å². The maximum Gasteiger partial charge on any atom is 0.270 e. The van der Waals surface area contributed by atoms with E-state index < -0.39 is 0 Å². The fourth-order valence-corrected chi connectivity index (χ4v) is 3.71. The first-order valence-corrected chi connectivity index (χ1v) is 8.61. The first-order valence-electron chi connectivity index (χ1n) is 7.73. The number of aromatic nitrogens is 3. The van der Waals surface area contributed by atoms with Gasteiger partial charge in [0, 0.05) is 24.3 Å². The van der Waals surface area contributed by atoms with Gasteiger partial charge in [-0.2, -0.15) is 0 Å². The van der Waals surface area contributed by atoms with Crippen LogP contribution in [-0.2, 0) is 0 Å². The van der Waals surface area contributed by atoms with Crippen molar-refractivity contribution < 1.29 is 4.79 Å². The standard InChI is InChI=1S/C16H20N4OS/c1-11-4-2-5-12(8-11)9-19-15(21)13-10-22-16(20-13)14-17-6-3-7-18-14/h3,6-7,10-12H,2,4-5,8-9H2,1H3,(H,19,21). The van der Waals surface area contributed by atoms with Gasteiger partial charge in [0.1, 0.15) is 5.69 Å². The molecule has 2 atom stereocenters. The molecule has 1 aliphatic carbocycles. The molecule has 3 rings (SSSR count). The van der Waals surface area contributed by atoms with E-state index in [4.69, 9.17) is 0 Å². The summed E-state index contributed by atoms with van der Waals surface area (Å²) in [6.07, 6.45) is 8.36. The SMILES string of the molecule is CC1CCCC(CNC(=O)c2csc(-c3ncccn3)n2)C1. The molecule has 1 aliphatic rings. The van der Waals surface area contributed by atoms with E-state index in [1.54, 1.807) is 23.8 Å². The predicted octanol–water partition coefficient (Wildman–Crippen LogP) is 3.16. The van der Waals surface area contributed by atoms with Crippen molar-refractivity contribution in [3.8, 4) is 10.8 Å². The van der Waals surface area contributed by atoms with Crippen molar-refractivity contribution in [2.45, 2.75) is 32.6 Å². The lowest BCUT2D eigenvalue weighted by atomic mass is 9.82. The molecule has 1 N–H and O–H groups in total. The minimum absolute atomic E-state index is 0.100. The van der Waals surface area contributed by atoms with Gasteiger partial charge < -0.3 is 5.32 Å². The third-order valence-corrected chi connectivity index (χ3v) is 4.93. The molecule has 5 nitrogen and oxygen atoms in total. The monoisotopic (exact) mass is 316 g/mol. The van der Waals surface area contributed by atoms with E-state index in [0.29, 0.717) is 22.4 Å². The smallest absolute Gasteiger partial charge is 0.270 e. The maximum atomic E-state index is 12.2. The molecule has 1 saturated carbocycles. The summed E-state index contributed by atoms with van der Waals surface area (Å²) in [6, 6.07) is 1.76. The summed E-state index contributed by atoms with van der Waals surface area (Å²) in [4.78, 5) is 24.9. The molecule has 2 aromatic rings. The number of amides is 1. The van der Waals surface area contributed by atoms with Gasteiger partial charge in [0.15, 0.2) is 10.8 Å². The molecule has 1 fully saturated rings. The van der Waals surface area contributed by atoms with Crippen LogP contribution >= 0.6 is 11.3 Å². The second-order valence-corrected chi connectivity index (χ2v) is 6.82. The second-order valence-electron chi connectivity index (χ2n) is 5.96. The molecular weight excluding hydrogens is 296 g/mol. The molecule has 6 heteroatoms. The maximum absolute atomic E-state index is 12.2. The topological polar surface area (TPSA) is 67.8 Å². The highest BCUT2D eigenvalue weighted by Gasteiger charge is 2.20. The number of rotatable bonds is 4. The molecule has 0 spiro atoms. The van der Waals surface area contributed by atoms with Crippen LogP contribution in [0.4, 0.5) is 0 Å². The molecule has 2 heterocycles. The third-order valence-electron chi connectivity index (χ3n) is 4.09. The first-order chi connectivity index (χ1) is 10.7. The summed E-state index contributed by atoms with van der Waals surface area (Å²) in [5.41, 5.74) is 0.455. The Bertz CT molecular complexity index is 628. The van der Waals surface area contributed by atoms with Crippen LogP contribution in [0, 0.1) is 11.8 Å². The van der Waals surface area contributed by atoms with Crippen LogP contribution < -0.4 is 5.32 Å². The Labute approximate surface area is 134 Å². The second kappa shape index (κ2) is 6.96. The Morgan fingerprint density at radius 3 is 2.95 bits per heavy atom. The molecule has 2 aromatic heterocycles. The third kappa shape index (κ3) is 3.68. The summed E-state index contributed by atoms with van der Waals surface area (Å²) < 4.78 is 0. The highest BCUT2D eigenvalue weighted by molar-refractivity contribution is 7.13. The minimum atomic E-state index is -0.100. The van der Waals surface area contributed by atoms with Gasteiger partial charge in [0.2, 0.25) is 0 Å². The van der Waals surface area contributed by atoms with Crippen LogP contribution in [0.3, 0.4) is 0 Å². The quantitative estimate of drug-likeness (QED) is 0.941. The van der Waals surface area contributed by atoms with Gasteiger partial charge >= 0.3 is 0 Å². The average molecular weight is 316 g/mol. The molecule has 0 saturated heterocycles. The van der Waals surface area contributed by atoms with Gasteiger partial charge in [-0.15, -0.1) is 11.3 Å². The molecule has 22 heavy (non-hydrogen) atoms. The number of hydrogen-bond acceptors (Lipinski definition) is 5. The molecule has 0 aromatic carbocycles. The molecule has 0 bridgehead atoms. The van der Waals surface area contributed by atoms with E-state index in [2.05, 4.69) is 27.2 Å². The lowest BCUT2D eigenvalue weighted by molar-refractivity contribution is 0.0936. The van der Waals surface area contributed by atoms with Gasteiger partial charge in [-0.1, -0.05) is 19.8 Å². The van der Waals surface area contributed by atoms with E-state index in [1.165, 1.54) is 37.0 Å². The van der Waals surface area contributed by atoms with Crippen molar-refractivity contribution in [2.75, 3.05) is 6.54 Å². The minimum Gasteiger partial charge on any atom is -0.350 e. The summed E-state index contributed by atoms with van der Waals surface area (Å²) in [6.45, 7) is 3.04. The fraction of sp³-hybridized carbons (Fsp3) is 0.500. The van der Waals surface area contributed by atoms with E-state index >= 15 is 0 Å². The van der Waals surface area contributed by atoms with E-state index in [-0.39, 0.29) is 5.91 Å². The molecule has 1 amide bonds. The lowest BCUT2D eigenvalue weighted by Crippen LogP contribution is -2.31. The first kappa shape index (κ1) is 15.1. The Hall–Kier alpha value is -1.82. The predicted molar refractivity (Wildman–Crippen MR) is 86.6 cm³/mol. The van der Waals surface area contributed by atoms with E-state index in [0.717, 1.165) is 12.5 Å². The zero-order chi connectivity index (χ0) is 15.4. The highest BCUT2D eigenvalue weighted by atomic mass is 32.1. The molecule has 0 aliphatic heterocycles. The number of hydrogen-bond donors (Lipinski definition) is 1. The Morgan fingerprint density at radius 2 is 2.18 bits per heavy atom. The van der Waals surface area contributed by atoms with Crippen LogP contribution in [-0.4, -0.2) is 27.4 Å².